The Bertz CT molecular complexity index is 2380. The Morgan fingerprint density at radius 1 is 0.766 bits per heavy atom. The number of amides is 5. The van der Waals surface area contributed by atoms with Gasteiger partial charge in [0, 0.05) is 60.7 Å². The second kappa shape index (κ2) is 23.7. The Morgan fingerprint density at radius 2 is 1.45 bits per heavy atom. The minimum Gasteiger partial charge on any atom is -0.444 e. The lowest BCUT2D eigenvalue weighted by Gasteiger charge is -2.25. The van der Waals surface area contributed by atoms with Gasteiger partial charge in [-0.25, -0.2) is 9.36 Å². The quantitative estimate of drug-likeness (QED) is 0.0252. The number of benzene rings is 3. The van der Waals surface area contributed by atoms with Crippen LogP contribution in [0.2, 0.25) is 5.02 Å². The summed E-state index contributed by atoms with van der Waals surface area (Å²) in [6.45, 7) is 5.44. The van der Waals surface area contributed by atoms with Crippen LogP contribution in [0.3, 0.4) is 0 Å². The number of alkyl carbamates (subject to hydrolysis) is 1. The lowest BCUT2D eigenvalue weighted by atomic mass is 10.0. The molecule has 5 amide bonds. The summed E-state index contributed by atoms with van der Waals surface area (Å²) in [5, 5.41) is 15.7. The number of unbranched alkanes of at least 4 members (excludes halogenated alkanes) is 3. The van der Waals surface area contributed by atoms with Crippen molar-refractivity contribution in [2.24, 2.45) is 0 Å². The number of carbonyl (C=O) groups excluding carboxylic acids is 5. The summed E-state index contributed by atoms with van der Waals surface area (Å²) in [6.07, 6.45) is 4.08. The van der Waals surface area contributed by atoms with Gasteiger partial charge >= 0.3 is 13.9 Å². The van der Waals surface area contributed by atoms with Crippen molar-refractivity contribution < 1.29 is 47.2 Å². The number of hydrogen-bond donors (Lipinski definition) is 8. The SMILES string of the molecule is CC(C)(C)OC(=O)N[C@H](Cc1cc2ccccc2[nH]1)C(=O)N[C@@H](Cc1c[nH]c2ccccc12)C(=O)NCCCC(=O)NCC(=O)NCCCCCCOP(=O)(O)Oc1ccccc1Cl. The number of rotatable bonds is 24. The molecule has 0 radical (unpaired) electrons. The van der Waals surface area contributed by atoms with Crippen molar-refractivity contribution in [2.75, 3.05) is 26.2 Å². The fraction of sp³-hybridized carbons (Fsp3) is 0.400. The summed E-state index contributed by atoms with van der Waals surface area (Å²) in [5.74, 6) is -1.76. The molecule has 344 valence electrons. The van der Waals surface area contributed by atoms with Gasteiger partial charge in [0.05, 0.1) is 18.2 Å². The smallest absolute Gasteiger partial charge is 0.444 e. The maximum atomic E-state index is 14.0. The molecule has 19 heteroatoms. The molecule has 0 aliphatic carbocycles. The Morgan fingerprint density at radius 3 is 2.22 bits per heavy atom. The number of aromatic nitrogens is 2. The predicted molar refractivity (Wildman–Crippen MR) is 244 cm³/mol. The third-order valence-electron chi connectivity index (χ3n) is 9.77. The second-order valence-electron chi connectivity index (χ2n) is 16.2. The molecule has 64 heavy (non-hydrogen) atoms. The van der Waals surface area contributed by atoms with E-state index in [2.05, 4.69) is 36.6 Å². The van der Waals surface area contributed by atoms with E-state index in [1.54, 1.807) is 39.1 Å². The third-order valence-corrected chi connectivity index (χ3v) is 11.0. The van der Waals surface area contributed by atoms with Gasteiger partial charge in [0.1, 0.15) is 23.4 Å². The Labute approximate surface area is 376 Å². The van der Waals surface area contributed by atoms with Crippen LogP contribution in [-0.2, 0) is 45.8 Å². The molecule has 3 aromatic carbocycles. The number of halogens is 1. The van der Waals surface area contributed by atoms with Crippen LogP contribution in [0, 0.1) is 0 Å². The molecule has 0 spiro atoms. The fourth-order valence-electron chi connectivity index (χ4n) is 6.70. The lowest BCUT2D eigenvalue weighted by molar-refractivity contribution is -0.130. The normalized spacial score (nSPS) is 13.3. The van der Waals surface area contributed by atoms with Gasteiger partial charge in [-0.1, -0.05) is 73.0 Å². The van der Waals surface area contributed by atoms with Crippen molar-refractivity contribution >= 4 is 71.0 Å². The van der Waals surface area contributed by atoms with Gasteiger partial charge < -0.3 is 45.8 Å². The van der Waals surface area contributed by atoms with E-state index in [0.717, 1.165) is 33.8 Å². The number of aromatic amines is 2. The second-order valence-corrected chi connectivity index (χ2v) is 18.0. The summed E-state index contributed by atoms with van der Waals surface area (Å²) in [4.78, 5) is 82.1. The van der Waals surface area contributed by atoms with Crippen molar-refractivity contribution in [2.45, 2.75) is 89.8 Å². The lowest BCUT2D eigenvalue weighted by Crippen LogP contribution is -2.55. The number of carbonyl (C=O) groups is 5. The van der Waals surface area contributed by atoms with Crippen molar-refractivity contribution in [1.29, 1.82) is 0 Å². The molecular weight excluding hydrogens is 865 g/mol. The maximum Gasteiger partial charge on any atom is 0.527 e. The number of H-pyrrole nitrogens is 2. The monoisotopic (exact) mass is 921 g/mol. The van der Waals surface area contributed by atoms with E-state index in [9.17, 15) is 33.4 Å². The summed E-state index contributed by atoms with van der Waals surface area (Å²) in [5.41, 5.74) is 2.41. The number of hydrogen-bond acceptors (Lipinski definition) is 9. The van der Waals surface area contributed by atoms with E-state index in [1.165, 1.54) is 12.1 Å². The molecule has 2 aromatic heterocycles. The molecule has 17 nitrogen and oxygen atoms in total. The van der Waals surface area contributed by atoms with Crippen molar-refractivity contribution in [3.63, 3.8) is 0 Å². The number of nitrogens with one attached hydrogen (secondary N) is 7. The molecule has 0 aliphatic heterocycles. The molecule has 1 unspecified atom stereocenters. The number of phosphoric ester groups is 1. The van der Waals surface area contributed by atoms with Crippen LogP contribution < -0.4 is 31.1 Å². The first-order chi connectivity index (χ1) is 30.5. The molecule has 0 aliphatic rings. The maximum absolute atomic E-state index is 14.0. The number of phosphoric acid groups is 1. The average molecular weight is 922 g/mol. The van der Waals surface area contributed by atoms with Crippen molar-refractivity contribution in [3.05, 3.63) is 101 Å². The van der Waals surface area contributed by atoms with E-state index >= 15 is 0 Å². The van der Waals surface area contributed by atoms with Crippen LogP contribution in [0.4, 0.5) is 4.79 Å². The highest BCUT2D eigenvalue weighted by atomic mass is 35.5. The Hall–Kier alpha value is -5.87. The van der Waals surface area contributed by atoms with E-state index in [1.807, 2.05) is 54.6 Å². The minimum atomic E-state index is -4.32. The van der Waals surface area contributed by atoms with E-state index in [4.69, 9.17) is 25.4 Å². The summed E-state index contributed by atoms with van der Waals surface area (Å²) in [7, 11) is -4.32. The van der Waals surface area contributed by atoms with Crippen LogP contribution in [0.5, 0.6) is 5.75 Å². The predicted octanol–water partition coefficient (Wildman–Crippen LogP) is 6.35. The number of fused-ring (bicyclic) bond motifs is 2. The van der Waals surface area contributed by atoms with Crippen LogP contribution in [0.1, 0.15) is 70.6 Å². The van der Waals surface area contributed by atoms with Gasteiger partial charge in [0.15, 0.2) is 0 Å². The molecule has 0 fully saturated rings. The van der Waals surface area contributed by atoms with Crippen LogP contribution >= 0.6 is 19.4 Å². The number of ether oxygens (including phenoxy) is 1. The van der Waals surface area contributed by atoms with Gasteiger partial charge in [0.25, 0.3) is 0 Å². The summed E-state index contributed by atoms with van der Waals surface area (Å²) >= 11 is 5.96. The van der Waals surface area contributed by atoms with Crippen LogP contribution in [-0.4, -0.2) is 88.5 Å². The molecule has 0 bridgehead atoms. The Kier molecular flexibility index (Phi) is 18.2. The minimum absolute atomic E-state index is 0.00504. The van der Waals surface area contributed by atoms with Crippen LogP contribution in [0.15, 0.2) is 85.1 Å². The molecule has 2 heterocycles. The third kappa shape index (κ3) is 16.4. The molecule has 8 N–H and O–H groups in total. The van der Waals surface area contributed by atoms with E-state index in [0.29, 0.717) is 31.5 Å². The zero-order valence-corrected chi connectivity index (χ0v) is 37.8. The average Bonchev–Trinajstić information content (AvgIpc) is 3.85. The molecule has 3 atom stereocenters. The van der Waals surface area contributed by atoms with Gasteiger partial charge in [0.2, 0.25) is 23.6 Å². The zero-order valence-electron chi connectivity index (χ0n) is 36.2. The summed E-state index contributed by atoms with van der Waals surface area (Å²) in [6, 6.07) is 21.3. The topological polar surface area (TPSA) is 242 Å². The first-order valence-electron chi connectivity index (χ1n) is 21.2. The standard InChI is InChI=1S/C45H57ClN7O10P/c1-45(2,3)62-44(58)53-38(27-32-25-30-15-6-9-18-35(30)51-32)43(57)52-37(26-31-28-49-36-19-10-7-16-33(31)36)42(56)48-23-14-21-40(54)50-29-41(55)47-22-12-4-5-13-24-61-64(59,60)63-39-20-11-8-17-34(39)46/h6-11,15-20,25,28,37-38,49,51H,4-5,12-14,21-24,26-27,29H2,1-3H3,(H,47,55)(H,48,56)(H,50,54)(H,52,57)(H,53,58)(H,59,60)/t37-,38+/m0/s1. The number of para-hydroxylation sites is 3. The van der Waals surface area contributed by atoms with E-state index < -0.39 is 43.4 Å². The fourth-order valence-corrected chi connectivity index (χ4v) is 7.74. The Balaban J connectivity index is 1.05. The first kappa shape index (κ1) is 49.2. The van der Waals surface area contributed by atoms with Gasteiger partial charge in [-0.05, 0) is 81.3 Å². The van der Waals surface area contributed by atoms with Gasteiger partial charge in [-0.15, -0.1) is 0 Å². The van der Waals surface area contributed by atoms with Gasteiger partial charge in [-0.3, -0.25) is 28.6 Å². The zero-order chi connectivity index (χ0) is 46.1. The van der Waals surface area contributed by atoms with Gasteiger partial charge in [-0.2, -0.15) is 0 Å². The molecule has 0 saturated carbocycles. The first-order valence-corrected chi connectivity index (χ1v) is 23.1. The largest absolute Gasteiger partial charge is 0.527 e. The molecule has 0 saturated heterocycles. The van der Waals surface area contributed by atoms with Crippen LogP contribution in [0.25, 0.3) is 21.8 Å². The van der Waals surface area contributed by atoms with Crippen molar-refractivity contribution in [1.82, 2.24) is 36.6 Å². The molecule has 5 rings (SSSR count). The van der Waals surface area contributed by atoms with Crippen molar-refractivity contribution in [3.8, 4) is 5.75 Å². The highest BCUT2D eigenvalue weighted by molar-refractivity contribution is 7.47. The summed E-state index contributed by atoms with van der Waals surface area (Å²) < 4.78 is 27.7. The van der Waals surface area contributed by atoms with E-state index in [-0.39, 0.29) is 68.0 Å². The highest BCUT2D eigenvalue weighted by Crippen LogP contribution is 2.45. The molecular formula is C45H57ClN7O10P. The molecule has 5 aromatic rings. The highest BCUT2D eigenvalue weighted by Gasteiger charge is 2.30.